The molecule has 0 aliphatic carbocycles. The number of nitrogens with one attached hydrogen (secondary N) is 2. The molecule has 7 nitrogen and oxygen atoms in total. The average Bonchev–Trinajstić information content (AvgIpc) is 2.82. The van der Waals surface area contributed by atoms with Gasteiger partial charge in [-0.25, -0.2) is 4.98 Å². The van der Waals surface area contributed by atoms with E-state index >= 15 is 0 Å². The molecular weight excluding hydrogens is 422 g/mol. The van der Waals surface area contributed by atoms with Gasteiger partial charge in [-0.3, -0.25) is 4.79 Å². The predicted octanol–water partition coefficient (Wildman–Crippen LogP) is 3.08. The Morgan fingerprint density at radius 1 is 1.12 bits per heavy atom. The lowest BCUT2D eigenvalue weighted by Crippen LogP contribution is -2.36. The largest absolute Gasteiger partial charge is 0.463 e. The highest BCUT2D eigenvalue weighted by atomic mass is 32.1. The van der Waals surface area contributed by atoms with Gasteiger partial charge in [0.2, 0.25) is 5.88 Å². The second-order valence-corrected chi connectivity index (χ2v) is 7.83. The van der Waals surface area contributed by atoms with Gasteiger partial charge < -0.3 is 26.8 Å². The van der Waals surface area contributed by atoms with Crippen LogP contribution in [-0.2, 0) is 11.3 Å². The maximum atomic E-state index is 12.6. The number of nitrogens with two attached hydrogens (primary N) is 2. The Hall–Kier alpha value is -3.23. The molecule has 2 atom stereocenters. The Bertz CT molecular complexity index is 1030. The number of hydrogen-bond acceptors (Lipinski definition) is 7. The number of carbonyl (C=O) groups is 1. The first-order valence-corrected chi connectivity index (χ1v) is 11.0. The monoisotopic (exact) mass is 451 g/mol. The molecule has 2 aromatic carbocycles. The standard InChI is InChI=1S/C24H29N5O2S/c1-16(23(30)28-13-17-6-5-9-19(25)12-17)31-24-22(27-14-20(26)15-32)11-10-21(29-24)18-7-3-2-4-8-18/h2-12,16,20,27,32H,13-15,25-26H2,1H3,(H,28,30). The molecule has 0 aliphatic rings. The third-order valence-corrected chi connectivity index (χ3v) is 5.26. The van der Waals surface area contributed by atoms with Crippen LogP contribution in [0.1, 0.15) is 12.5 Å². The Morgan fingerprint density at radius 2 is 1.91 bits per heavy atom. The van der Waals surface area contributed by atoms with Crippen LogP contribution in [0.2, 0.25) is 0 Å². The van der Waals surface area contributed by atoms with Gasteiger partial charge in [-0.15, -0.1) is 0 Å². The van der Waals surface area contributed by atoms with Crippen molar-refractivity contribution in [1.29, 1.82) is 0 Å². The van der Waals surface area contributed by atoms with Gasteiger partial charge in [-0.2, -0.15) is 12.6 Å². The summed E-state index contributed by atoms with van der Waals surface area (Å²) in [7, 11) is 0. The zero-order chi connectivity index (χ0) is 22.9. The van der Waals surface area contributed by atoms with Crippen molar-refractivity contribution in [2.75, 3.05) is 23.3 Å². The number of hydrogen-bond donors (Lipinski definition) is 5. The summed E-state index contributed by atoms with van der Waals surface area (Å²) in [6, 6.07) is 20.8. The number of nitrogens with zero attached hydrogens (tertiary/aromatic N) is 1. The van der Waals surface area contributed by atoms with Gasteiger partial charge in [-0.05, 0) is 36.8 Å². The summed E-state index contributed by atoms with van der Waals surface area (Å²) < 4.78 is 5.98. The molecule has 2 unspecified atom stereocenters. The number of nitrogen functional groups attached to an aromatic ring is 1. The van der Waals surface area contributed by atoms with Gasteiger partial charge in [-0.1, -0.05) is 42.5 Å². The lowest BCUT2D eigenvalue weighted by atomic mass is 10.1. The molecule has 0 fully saturated rings. The van der Waals surface area contributed by atoms with Gasteiger partial charge >= 0.3 is 0 Å². The zero-order valence-corrected chi connectivity index (χ0v) is 18.9. The van der Waals surface area contributed by atoms with Crippen molar-refractivity contribution in [1.82, 2.24) is 10.3 Å². The van der Waals surface area contributed by atoms with Crippen LogP contribution < -0.4 is 26.8 Å². The molecule has 32 heavy (non-hydrogen) atoms. The molecule has 1 heterocycles. The average molecular weight is 452 g/mol. The molecule has 0 aliphatic heterocycles. The first-order valence-electron chi connectivity index (χ1n) is 10.4. The molecule has 0 spiro atoms. The van der Waals surface area contributed by atoms with E-state index in [0.717, 1.165) is 16.8 Å². The first kappa shape index (κ1) is 23.4. The zero-order valence-electron chi connectivity index (χ0n) is 18.0. The molecule has 3 aromatic rings. The molecule has 0 bridgehead atoms. The van der Waals surface area contributed by atoms with Crippen molar-refractivity contribution in [2.24, 2.45) is 5.73 Å². The molecule has 168 valence electrons. The van der Waals surface area contributed by atoms with Gasteiger partial charge in [0.1, 0.15) is 0 Å². The molecule has 6 N–H and O–H groups in total. The lowest BCUT2D eigenvalue weighted by Gasteiger charge is -2.19. The fourth-order valence-corrected chi connectivity index (χ4v) is 3.13. The summed E-state index contributed by atoms with van der Waals surface area (Å²) in [6.07, 6.45) is -0.756. The van der Waals surface area contributed by atoms with E-state index in [1.165, 1.54) is 0 Å². The minimum atomic E-state index is -0.756. The first-order chi connectivity index (χ1) is 15.5. The number of carbonyl (C=O) groups excluding carboxylic acids is 1. The van der Waals surface area contributed by atoms with Crippen LogP contribution in [0.3, 0.4) is 0 Å². The molecule has 8 heteroatoms. The summed E-state index contributed by atoms with van der Waals surface area (Å²) in [6.45, 7) is 2.55. The number of ether oxygens (including phenoxy) is 1. The molecule has 0 radical (unpaired) electrons. The number of thiol groups is 1. The normalized spacial score (nSPS) is 12.6. The fraction of sp³-hybridized carbons (Fsp3) is 0.250. The van der Waals surface area contributed by atoms with Crippen LogP contribution in [0.25, 0.3) is 11.3 Å². The van der Waals surface area contributed by atoms with Crippen molar-refractivity contribution in [3.8, 4) is 17.1 Å². The number of pyridine rings is 1. The number of amides is 1. The van der Waals surface area contributed by atoms with E-state index < -0.39 is 6.10 Å². The number of benzene rings is 2. The van der Waals surface area contributed by atoms with E-state index in [4.69, 9.17) is 16.2 Å². The Labute approximate surface area is 194 Å². The van der Waals surface area contributed by atoms with Crippen LogP contribution in [0.5, 0.6) is 5.88 Å². The Balaban J connectivity index is 1.74. The predicted molar refractivity (Wildman–Crippen MR) is 133 cm³/mol. The highest BCUT2D eigenvalue weighted by Gasteiger charge is 2.18. The maximum Gasteiger partial charge on any atom is 0.261 e. The van der Waals surface area contributed by atoms with Gasteiger partial charge in [0.25, 0.3) is 5.91 Å². The fourth-order valence-electron chi connectivity index (χ4n) is 3.00. The summed E-state index contributed by atoms with van der Waals surface area (Å²) in [5.74, 6) is 0.628. The molecule has 1 amide bonds. The topological polar surface area (TPSA) is 115 Å². The SMILES string of the molecule is CC(Oc1nc(-c2ccccc2)ccc1NCC(N)CS)C(=O)NCc1cccc(N)c1. The second-order valence-electron chi connectivity index (χ2n) is 7.46. The minimum absolute atomic E-state index is 0.126. The Kier molecular flexibility index (Phi) is 8.35. The van der Waals surface area contributed by atoms with Crippen molar-refractivity contribution >= 4 is 29.9 Å². The summed E-state index contributed by atoms with van der Waals surface area (Å²) in [4.78, 5) is 17.3. The smallest absolute Gasteiger partial charge is 0.261 e. The van der Waals surface area contributed by atoms with E-state index in [1.807, 2.05) is 60.7 Å². The van der Waals surface area contributed by atoms with Crippen LogP contribution >= 0.6 is 12.6 Å². The Morgan fingerprint density at radius 3 is 2.62 bits per heavy atom. The highest BCUT2D eigenvalue weighted by Crippen LogP contribution is 2.28. The van der Waals surface area contributed by atoms with Gasteiger partial charge in [0.05, 0.1) is 11.4 Å². The number of aromatic nitrogens is 1. The van der Waals surface area contributed by atoms with Crippen LogP contribution in [0.4, 0.5) is 11.4 Å². The van der Waals surface area contributed by atoms with E-state index in [0.29, 0.717) is 36.1 Å². The van der Waals surface area contributed by atoms with Gasteiger partial charge in [0, 0.05) is 36.1 Å². The molecule has 3 rings (SSSR count). The van der Waals surface area contributed by atoms with E-state index in [-0.39, 0.29) is 11.9 Å². The quantitative estimate of drug-likeness (QED) is 0.239. The second kappa shape index (κ2) is 11.4. The van der Waals surface area contributed by atoms with Crippen LogP contribution in [0.15, 0.2) is 66.7 Å². The molecular formula is C24H29N5O2S. The summed E-state index contributed by atoms with van der Waals surface area (Å²) >= 11 is 4.22. The molecule has 0 saturated carbocycles. The summed E-state index contributed by atoms with van der Waals surface area (Å²) in [5, 5.41) is 6.12. The van der Waals surface area contributed by atoms with Crippen LogP contribution in [-0.4, -0.2) is 35.3 Å². The van der Waals surface area contributed by atoms with E-state index in [2.05, 4.69) is 28.2 Å². The van der Waals surface area contributed by atoms with Crippen molar-refractivity contribution in [2.45, 2.75) is 25.6 Å². The van der Waals surface area contributed by atoms with E-state index in [1.54, 1.807) is 13.0 Å². The maximum absolute atomic E-state index is 12.6. The minimum Gasteiger partial charge on any atom is -0.463 e. The van der Waals surface area contributed by atoms with Crippen molar-refractivity contribution in [3.05, 3.63) is 72.3 Å². The van der Waals surface area contributed by atoms with Crippen LogP contribution in [0, 0.1) is 0 Å². The number of anilines is 2. The van der Waals surface area contributed by atoms with Gasteiger partial charge in [0.15, 0.2) is 6.10 Å². The number of rotatable bonds is 10. The third-order valence-electron chi connectivity index (χ3n) is 4.79. The van der Waals surface area contributed by atoms with E-state index in [9.17, 15) is 4.79 Å². The summed E-state index contributed by atoms with van der Waals surface area (Å²) in [5.41, 5.74) is 15.7. The lowest BCUT2D eigenvalue weighted by molar-refractivity contribution is -0.127. The van der Waals surface area contributed by atoms with Crippen molar-refractivity contribution in [3.63, 3.8) is 0 Å². The third kappa shape index (κ3) is 6.63. The highest BCUT2D eigenvalue weighted by molar-refractivity contribution is 7.80. The molecule has 0 saturated heterocycles. The molecule has 1 aromatic heterocycles. The van der Waals surface area contributed by atoms with Crippen molar-refractivity contribution < 1.29 is 9.53 Å².